The number of aromatic carboxylic acids is 1. The molecule has 0 atom stereocenters. The average Bonchev–Trinajstić information content (AvgIpc) is 3.29. The van der Waals surface area contributed by atoms with Crippen molar-refractivity contribution in [2.75, 3.05) is 18.5 Å². The zero-order valence-electron chi connectivity index (χ0n) is 16.5. The van der Waals surface area contributed by atoms with Crippen LogP contribution in [0.4, 0.5) is 10.5 Å². The number of hydrogen-bond donors (Lipinski definition) is 3. The summed E-state index contributed by atoms with van der Waals surface area (Å²) in [7, 11) is 0. The quantitative estimate of drug-likeness (QED) is 0.428. The van der Waals surface area contributed by atoms with Crippen molar-refractivity contribution in [1.29, 1.82) is 0 Å². The van der Waals surface area contributed by atoms with Crippen molar-refractivity contribution in [2.45, 2.75) is 32.1 Å². The van der Waals surface area contributed by atoms with Crippen LogP contribution in [0.5, 0.6) is 5.75 Å². The maximum Gasteiger partial charge on any atom is 0.411 e. The van der Waals surface area contributed by atoms with Crippen LogP contribution in [0.1, 0.15) is 41.8 Å². The van der Waals surface area contributed by atoms with E-state index in [-0.39, 0.29) is 10.6 Å². The molecule has 8 nitrogen and oxygen atoms in total. The van der Waals surface area contributed by atoms with Crippen molar-refractivity contribution in [3.05, 3.63) is 23.1 Å². The van der Waals surface area contributed by atoms with E-state index < -0.39 is 24.6 Å². The lowest BCUT2D eigenvalue weighted by Crippen LogP contribution is -2.20. The van der Waals surface area contributed by atoms with Gasteiger partial charge >= 0.3 is 18.0 Å². The molecular weight excluding hydrogens is 442 g/mol. The first kappa shape index (κ1) is 21.4. The molecule has 3 N–H and O–H groups in total. The summed E-state index contributed by atoms with van der Waals surface area (Å²) < 4.78 is 12.7. The molecule has 1 amide bonds. The van der Waals surface area contributed by atoms with Crippen LogP contribution >= 0.6 is 22.7 Å². The normalized spacial score (nSPS) is 14.6. The summed E-state index contributed by atoms with van der Waals surface area (Å²) >= 11 is 2.28. The third-order valence-corrected chi connectivity index (χ3v) is 7.79. The van der Waals surface area contributed by atoms with E-state index in [0.29, 0.717) is 27.6 Å². The molecule has 3 aromatic rings. The number of amides is 1. The molecule has 1 aliphatic carbocycles. The minimum absolute atomic E-state index is 0.0434. The number of carboxylic acids is 2. The average molecular weight is 464 g/mol. The van der Waals surface area contributed by atoms with Crippen molar-refractivity contribution in [3.63, 3.8) is 0 Å². The second kappa shape index (κ2) is 9.11. The highest BCUT2D eigenvalue weighted by molar-refractivity contribution is 7.34. The summed E-state index contributed by atoms with van der Waals surface area (Å²) in [6.07, 6.45) is 5.21. The third-order valence-electron chi connectivity index (χ3n) is 5.23. The Balaban J connectivity index is 1.60. The largest absolute Gasteiger partial charge is 0.479 e. The summed E-state index contributed by atoms with van der Waals surface area (Å²) in [6.45, 7) is -0.241. The Hall–Kier alpha value is -2.85. The van der Waals surface area contributed by atoms with Crippen LogP contribution in [0.15, 0.2) is 18.2 Å². The smallest absolute Gasteiger partial charge is 0.411 e. The monoisotopic (exact) mass is 463 g/mol. The first-order valence-electron chi connectivity index (χ1n) is 9.93. The molecule has 0 unspecified atom stereocenters. The van der Waals surface area contributed by atoms with Gasteiger partial charge in [-0.05, 0) is 24.8 Å². The number of ether oxygens (including phenoxy) is 2. The van der Waals surface area contributed by atoms with Gasteiger partial charge in [0, 0.05) is 5.39 Å². The number of carbonyl (C=O) groups excluding carboxylic acids is 1. The Bertz CT molecular complexity index is 1140. The fraction of sp³-hybridized carbons (Fsp3) is 0.381. The van der Waals surface area contributed by atoms with Gasteiger partial charge in [0.2, 0.25) is 0 Å². The number of anilines is 1. The SMILES string of the molecule is O=C(O)COc1c(C(=O)O)sc2c1sc1c(NC(=O)OCC3CCCCC3)cccc12. The van der Waals surface area contributed by atoms with Gasteiger partial charge in [-0.25, -0.2) is 14.4 Å². The molecule has 0 saturated heterocycles. The number of carbonyl (C=O) groups is 3. The number of aliphatic carboxylic acids is 1. The highest BCUT2D eigenvalue weighted by Crippen LogP contribution is 2.48. The number of hydrogen-bond acceptors (Lipinski definition) is 7. The minimum atomic E-state index is -1.19. The summed E-state index contributed by atoms with van der Waals surface area (Å²) in [4.78, 5) is 34.8. The van der Waals surface area contributed by atoms with E-state index >= 15 is 0 Å². The van der Waals surface area contributed by atoms with Crippen LogP contribution < -0.4 is 10.1 Å². The van der Waals surface area contributed by atoms with Crippen molar-refractivity contribution >= 4 is 65.9 Å². The molecule has 31 heavy (non-hydrogen) atoms. The Morgan fingerprint density at radius 1 is 1.03 bits per heavy atom. The molecule has 4 rings (SSSR count). The van der Waals surface area contributed by atoms with Crippen LogP contribution in [-0.2, 0) is 9.53 Å². The number of fused-ring (bicyclic) bond motifs is 3. The Morgan fingerprint density at radius 2 is 1.81 bits per heavy atom. The van der Waals surface area contributed by atoms with Crippen molar-refractivity contribution in [3.8, 4) is 5.75 Å². The Kier molecular flexibility index (Phi) is 6.28. The molecule has 164 valence electrons. The van der Waals surface area contributed by atoms with Gasteiger partial charge in [-0.1, -0.05) is 31.4 Å². The van der Waals surface area contributed by atoms with E-state index in [9.17, 15) is 19.5 Å². The van der Waals surface area contributed by atoms with Gasteiger partial charge in [-0.15, -0.1) is 22.7 Å². The molecule has 0 bridgehead atoms. The van der Waals surface area contributed by atoms with Crippen LogP contribution in [0, 0.1) is 5.92 Å². The maximum absolute atomic E-state index is 12.3. The summed E-state index contributed by atoms with van der Waals surface area (Å²) in [5, 5.41) is 21.9. The van der Waals surface area contributed by atoms with Gasteiger partial charge in [0.1, 0.15) is 0 Å². The molecular formula is C21H21NO7S2. The number of benzene rings is 1. The van der Waals surface area contributed by atoms with Crippen molar-refractivity contribution in [1.82, 2.24) is 0 Å². The van der Waals surface area contributed by atoms with Gasteiger partial charge in [-0.3, -0.25) is 5.32 Å². The lowest BCUT2D eigenvalue weighted by Gasteiger charge is -2.21. The van der Waals surface area contributed by atoms with Gasteiger partial charge in [0.25, 0.3) is 0 Å². The molecule has 1 aliphatic rings. The predicted octanol–water partition coefficient (Wildman–Crippen LogP) is 5.41. The van der Waals surface area contributed by atoms with Crippen molar-refractivity contribution in [2.24, 2.45) is 5.92 Å². The van der Waals surface area contributed by atoms with E-state index in [1.165, 1.54) is 30.6 Å². The molecule has 0 radical (unpaired) electrons. The number of thiophene rings is 2. The molecule has 10 heteroatoms. The van der Waals surface area contributed by atoms with Crippen LogP contribution in [-0.4, -0.2) is 41.5 Å². The second-order valence-electron chi connectivity index (χ2n) is 7.42. The first-order chi connectivity index (χ1) is 14.9. The zero-order chi connectivity index (χ0) is 22.0. The molecule has 1 fully saturated rings. The number of rotatable bonds is 7. The third kappa shape index (κ3) is 4.59. The van der Waals surface area contributed by atoms with Gasteiger partial charge in [0.05, 0.1) is 26.4 Å². The van der Waals surface area contributed by atoms with Crippen LogP contribution in [0.3, 0.4) is 0 Å². The van der Waals surface area contributed by atoms with E-state index in [2.05, 4.69) is 5.32 Å². The highest BCUT2D eigenvalue weighted by atomic mass is 32.1. The predicted molar refractivity (Wildman–Crippen MR) is 119 cm³/mol. The summed E-state index contributed by atoms with van der Waals surface area (Å²) in [5.74, 6) is -1.92. The summed E-state index contributed by atoms with van der Waals surface area (Å²) in [6, 6.07) is 5.35. The summed E-state index contributed by atoms with van der Waals surface area (Å²) in [5.41, 5.74) is 0.556. The zero-order valence-corrected chi connectivity index (χ0v) is 18.1. The number of nitrogens with one attached hydrogen (secondary N) is 1. The first-order valence-corrected chi connectivity index (χ1v) is 11.6. The van der Waals surface area contributed by atoms with E-state index in [1.807, 2.05) is 6.07 Å². The number of carboxylic acid groups (broad SMARTS) is 2. The lowest BCUT2D eigenvalue weighted by atomic mass is 9.90. The molecule has 0 aliphatic heterocycles. The molecule has 2 aromatic heterocycles. The fourth-order valence-electron chi connectivity index (χ4n) is 3.80. The van der Waals surface area contributed by atoms with Crippen LogP contribution in [0.2, 0.25) is 0 Å². The van der Waals surface area contributed by atoms with Gasteiger partial charge in [-0.2, -0.15) is 0 Å². The second-order valence-corrected chi connectivity index (χ2v) is 9.46. The van der Waals surface area contributed by atoms with Crippen LogP contribution in [0.25, 0.3) is 19.5 Å². The topological polar surface area (TPSA) is 122 Å². The maximum atomic E-state index is 12.3. The van der Waals surface area contributed by atoms with E-state index in [1.54, 1.807) is 12.1 Å². The molecule has 0 spiro atoms. The minimum Gasteiger partial charge on any atom is -0.479 e. The Morgan fingerprint density at radius 3 is 2.52 bits per heavy atom. The molecule has 1 aromatic carbocycles. The Labute approximate surface area is 185 Å². The van der Waals surface area contributed by atoms with Gasteiger partial charge < -0.3 is 19.7 Å². The highest BCUT2D eigenvalue weighted by Gasteiger charge is 2.25. The standard InChI is InChI=1S/C21H21NO7S2/c23-14(24)10-28-15-18-17(31-19(15)20(25)26)12-7-4-8-13(16(12)30-18)22-21(27)29-9-11-5-2-1-3-6-11/h4,7-8,11H,1-3,5-6,9-10H2,(H,22,27)(H,23,24)(H,25,26). The van der Waals surface area contributed by atoms with Gasteiger partial charge in [0.15, 0.2) is 17.2 Å². The van der Waals surface area contributed by atoms with E-state index in [0.717, 1.165) is 34.3 Å². The van der Waals surface area contributed by atoms with E-state index in [4.69, 9.17) is 14.6 Å². The van der Waals surface area contributed by atoms with Crippen molar-refractivity contribution < 1.29 is 34.1 Å². The molecule has 2 heterocycles. The fourth-order valence-corrected chi connectivity index (χ4v) is 6.36. The molecule has 1 saturated carbocycles. The lowest BCUT2D eigenvalue weighted by molar-refractivity contribution is -0.139.